The van der Waals surface area contributed by atoms with E-state index in [-0.39, 0.29) is 5.56 Å². The highest BCUT2D eigenvalue weighted by Gasteiger charge is 2.15. The van der Waals surface area contributed by atoms with Gasteiger partial charge in [0.15, 0.2) is 0 Å². The third kappa shape index (κ3) is 3.28. The number of hydrogen-bond acceptors (Lipinski definition) is 4. The van der Waals surface area contributed by atoms with Crippen molar-refractivity contribution >= 4 is 11.9 Å². The van der Waals surface area contributed by atoms with Crippen molar-refractivity contribution in [2.45, 2.75) is 13.8 Å². The van der Waals surface area contributed by atoms with Crippen molar-refractivity contribution in [1.29, 1.82) is 0 Å². The molecule has 0 spiro atoms. The molecule has 0 atom stereocenters. The monoisotopic (exact) mass is 335 g/mol. The zero-order valence-electron chi connectivity index (χ0n) is 13.9. The number of H-pyrrole nitrogens is 1. The minimum atomic E-state index is -0.704. The standard InChI is InChI=1S/C19H17N3O3/c1-12-6-5-8-14(10-12)20-11-15-17(23)21-19(25)22(18(15)24)16-9-4-3-7-13(16)2/h3-11,24H,1-2H3,(H,21,23,25). The molecule has 0 bridgehead atoms. The number of aromatic hydroxyl groups is 1. The molecule has 0 saturated carbocycles. The lowest BCUT2D eigenvalue weighted by atomic mass is 10.2. The Morgan fingerprint density at radius 3 is 2.56 bits per heavy atom. The number of nitrogens with one attached hydrogen (secondary N) is 1. The molecule has 6 nitrogen and oxygen atoms in total. The van der Waals surface area contributed by atoms with Crippen LogP contribution in [0.2, 0.25) is 0 Å². The minimum Gasteiger partial charge on any atom is -0.493 e. The Labute approximate surface area is 143 Å². The summed E-state index contributed by atoms with van der Waals surface area (Å²) in [6, 6.07) is 14.5. The number of aromatic nitrogens is 2. The van der Waals surface area contributed by atoms with Crippen LogP contribution in [0.15, 0.2) is 63.1 Å². The van der Waals surface area contributed by atoms with Crippen LogP contribution in [-0.4, -0.2) is 20.9 Å². The topological polar surface area (TPSA) is 87.4 Å². The van der Waals surface area contributed by atoms with Gasteiger partial charge in [-0.1, -0.05) is 30.3 Å². The highest BCUT2D eigenvalue weighted by molar-refractivity contribution is 5.84. The Kier molecular flexibility index (Phi) is 4.35. The Hall–Kier alpha value is -3.41. The Balaban J connectivity index is 2.16. The van der Waals surface area contributed by atoms with Gasteiger partial charge >= 0.3 is 5.69 Å². The molecule has 3 rings (SSSR count). The maximum absolute atomic E-state index is 12.2. The zero-order chi connectivity index (χ0) is 18.0. The van der Waals surface area contributed by atoms with Crippen molar-refractivity contribution in [2.75, 3.05) is 0 Å². The first kappa shape index (κ1) is 16.4. The van der Waals surface area contributed by atoms with Crippen LogP contribution in [0.1, 0.15) is 16.7 Å². The molecule has 1 heterocycles. The first-order valence-corrected chi connectivity index (χ1v) is 7.72. The predicted molar refractivity (Wildman–Crippen MR) is 97.5 cm³/mol. The number of para-hydroxylation sites is 1. The summed E-state index contributed by atoms with van der Waals surface area (Å²) in [7, 11) is 0. The highest BCUT2D eigenvalue weighted by Crippen LogP contribution is 2.19. The fourth-order valence-electron chi connectivity index (χ4n) is 2.54. The van der Waals surface area contributed by atoms with E-state index in [4.69, 9.17) is 0 Å². The number of nitrogens with zero attached hydrogens (tertiary/aromatic N) is 2. The molecule has 0 aliphatic heterocycles. The summed E-state index contributed by atoms with van der Waals surface area (Å²) in [5.41, 5.74) is 1.47. The fourth-order valence-corrected chi connectivity index (χ4v) is 2.54. The lowest BCUT2D eigenvalue weighted by Crippen LogP contribution is -2.31. The summed E-state index contributed by atoms with van der Waals surface area (Å²) < 4.78 is 1.06. The molecular weight excluding hydrogens is 318 g/mol. The van der Waals surface area contributed by atoms with Crippen molar-refractivity contribution in [2.24, 2.45) is 4.99 Å². The summed E-state index contributed by atoms with van der Waals surface area (Å²) in [6.07, 6.45) is 1.26. The molecule has 1 aromatic heterocycles. The van der Waals surface area contributed by atoms with Crippen LogP contribution in [0.3, 0.4) is 0 Å². The molecule has 6 heteroatoms. The van der Waals surface area contributed by atoms with Crippen LogP contribution in [0.4, 0.5) is 5.69 Å². The zero-order valence-corrected chi connectivity index (χ0v) is 13.9. The first-order valence-electron chi connectivity index (χ1n) is 7.72. The molecule has 2 aromatic carbocycles. The number of aliphatic imine (C=N–C) groups is 1. The van der Waals surface area contributed by atoms with Gasteiger partial charge in [0.1, 0.15) is 5.56 Å². The average Bonchev–Trinajstić information content (AvgIpc) is 2.56. The SMILES string of the molecule is Cc1cccc(N=Cc2c(O)n(-c3ccccc3C)c(=O)[nH]c2=O)c1. The first-order chi connectivity index (χ1) is 12.0. The minimum absolute atomic E-state index is 0.0793. The van der Waals surface area contributed by atoms with E-state index in [0.717, 1.165) is 15.7 Å². The molecule has 0 unspecified atom stereocenters. The molecule has 25 heavy (non-hydrogen) atoms. The smallest absolute Gasteiger partial charge is 0.335 e. The summed E-state index contributed by atoms with van der Waals surface area (Å²) >= 11 is 0. The van der Waals surface area contributed by atoms with Crippen LogP contribution in [0, 0.1) is 13.8 Å². The van der Waals surface area contributed by atoms with Gasteiger partial charge in [-0.05, 0) is 43.2 Å². The second-order valence-corrected chi connectivity index (χ2v) is 5.72. The van der Waals surface area contributed by atoms with E-state index >= 15 is 0 Å². The van der Waals surface area contributed by atoms with E-state index in [1.54, 1.807) is 18.2 Å². The molecule has 126 valence electrons. The molecule has 0 aliphatic rings. The van der Waals surface area contributed by atoms with E-state index in [2.05, 4.69) is 9.98 Å². The fraction of sp³-hybridized carbons (Fsp3) is 0.105. The van der Waals surface area contributed by atoms with E-state index in [1.807, 2.05) is 44.2 Å². The van der Waals surface area contributed by atoms with Crippen LogP contribution in [-0.2, 0) is 0 Å². The maximum Gasteiger partial charge on any atom is 0.335 e. The van der Waals surface area contributed by atoms with Gasteiger partial charge in [-0.15, -0.1) is 0 Å². The number of benzene rings is 2. The van der Waals surface area contributed by atoms with Crippen LogP contribution in [0.25, 0.3) is 5.69 Å². The van der Waals surface area contributed by atoms with Crippen molar-refractivity contribution < 1.29 is 5.11 Å². The maximum atomic E-state index is 12.2. The second-order valence-electron chi connectivity index (χ2n) is 5.72. The molecule has 0 aliphatic carbocycles. The second kappa shape index (κ2) is 6.60. The molecule has 2 N–H and O–H groups in total. The average molecular weight is 335 g/mol. The Morgan fingerprint density at radius 2 is 1.84 bits per heavy atom. The predicted octanol–water partition coefficient (Wildman–Crippen LogP) is 2.60. The summed E-state index contributed by atoms with van der Waals surface area (Å²) in [4.78, 5) is 30.7. The van der Waals surface area contributed by atoms with Gasteiger partial charge in [0.05, 0.1) is 11.4 Å². The number of aryl methyl sites for hydroxylation is 2. The lowest BCUT2D eigenvalue weighted by Gasteiger charge is -2.11. The Morgan fingerprint density at radius 1 is 1.08 bits per heavy atom. The molecular formula is C19H17N3O3. The van der Waals surface area contributed by atoms with Gasteiger partial charge < -0.3 is 5.11 Å². The van der Waals surface area contributed by atoms with E-state index < -0.39 is 17.1 Å². The van der Waals surface area contributed by atoms with Crippen molar-refractivity contribution in [3.8, 4) is 11.6 Å². The van der Waals surface area contributed by atoms with Crippen LogP contribution in [0.5, 0.6) is 5.88 Å². The number of aromatic amines is 1. The number of rotatable bonds is 3. The molecule has 0 saturated heterocycles. The van der Waals surface area contributed by atoms with Crippen LogP contribution >= 0.6 is 0 Å². The molecule has 0 amide bonds. The number of hydrogen-bond donors (Lipinski definition) is 2. The van der Waals surface area contributed by atoms with E-state index in [9.17, 15) is 14.7 Å². The van der Waals surface area contributed by atoms with Crippen molar-refractivity contribution in [3.05, 3.63) is 86.1 Å². The quantitative estimate of drug-likeness (QED) is 0.721. The highest BCUT2D eigenvalue weighted by atomic mass is 16.3. The van der Waals surface area contributed by atoms with Gasteiger partial charge in [-0.3, -0.25) is 14.8 Å². The van der Waals surface area contributed by atoms with Gasteiger partial charge in [-0.2, -0.15) is 0 Å². The van der Waals surface area contributed by atoms with Crippen molar-refractivity contribution in [1.82, 2.24) is 9.55 Å². The summed E-state index contributed by atoms with van der Waals surface area (Å²) in [5, 5.41) is 10.5. The van der Waals surface area contributed by atoms with Gasteiger partial charge in [0.25, 0.3) is 5.56 Å². The van der Waals surface area contributed by atoms with Gasteiger partial charge in [0.2, 0.25) is 5.88 Å². The van der Waals surface area contributed by atoms with Gasteiger partial charge in [0, 0.05) is 6.21 Å². The van der Waals surface area contributed by atoms with E-state index in [1.165, 1.54) is 6.21 Å². The summed E-state index contributed by atoms with van der Waals surface area (Å²) in [6.45, 7) is 3.74. The largest absolute Gasteiger partial charge is 0.493 e. The summed E-state index contributed by atoms with van der Waals surface area (Å²) in [5.74, 6) is -0.445. The Bertz CT molecular complexity index is 1080. The normalized spacial score (nSPS) is 11.1. The molecule has 3 aromatic rings. The third-order valence-electron chi connectivity index (χ3n) is 3.82. The lowest BCUT2D eigenvalue weighted by molar-refractivity contribution is 0.430. The molecule has 0 radical (unpaired) electrons. The van der Waals surface area contributed by atoms with Gasteiger partial charge in [-0.25, -0.2) is 9.36 Å². The van der Waals surface area contributed by atoms with E-state index in [0.29, 0.717) is 11.4 Å². The third-order valence-corrected chi connectivity index (χ3v) is 3.82. The van der Waals surface area contributed by atoms with Crippen LogP contribution < -0.4 is 11.2 Å². The molecule has 0 fully saturated rings. The van der Waals surface area contributed by atoms with Crippen molar-refractivity contribution in [3.63, 3.8) is 0 Å².